The van der Waals surface area contributed by atoms with Gasteiger partial charge in [0.05, 0.1) is 4.92 Å². The Bertz CT molecular complexity index is 793. The van der Waals surface area contributed by atoms with Gasteiger partial charge in [0.25, 0.3) is 5.69 Å². The van der Waals surface area contributed by atoms with Gasteiger partial charge in [0.2, 0.25) is 0 Å². The van der Waals surface area contributed by atoms with Gasteiger partial charge >= 0.3 is 0 Å². The van der Waals surface area contributed by atoms with Crippen LogP contribution in [0, 0.1) is 17.0 Å². The van der Waals surface area contributed by atoms with Crippen LogP contribution in [0.15, 0.2) is 46.9 Å². The Hall–Kier alpha value is -2.89. The lowest BCUT2D eigenvalue weighted by Crippen LogP contribution is -1.96. The molecule has 0 amide bonds. The first kappa shape index (κ1) is 13.1. The molecule has 0 radical (unpaired) electrons. The number of non-ortho nitro benzene ring substituents is 1. The predicted octanol–water partition coefficient (Wildman–Crippen LogP) is 3.62. The van der Waals surface area contributed by atoms with Gasteiger partial charge in [-0.05, 0) is 29.8 Å². The van der Waals surface area contributed by atoms with Crippen molar-refractivity contribution in [3.63, 3.8) is 0 Å². The summed E-state index contributed by atoms with van der Waals surface area (Å²) in [6.07, 6.45) is 0. The molecule has 0 aliphatic carbocycles. The van der Waals surface area contributed by atoms with Crippen LogP contribution in [0.5, 0.6) is 5.75 Å². The zero-order chi connectivity index (χ0) is 14.8. The van der Waals surface area contributed by atoms with E-state index in [1.807, 2.05) is 12.1 Å². The number of hydrogen-bond acceptors (Lipinski definition) is 5. The number of rotatable bonds is 4. The van der Waals surface area contributed by atoms with Crippen LogP contribution in [0.25, 0.3) is 11.1 Å². The molecule has 0 unspecified atom stereocenters. The summed E-state index contributed by atoms with van der Waals surface area (Å²) in [6, 6.07) is 11.7. The fraction of sp³-hybridized carbons (Fsp3) is 0.133. The number of ether oxygens (including phenoxy) is 1. The van der Waals surface area contributed by atoms with Crippen molar-refractivity contribution >= 4 is 16.8 Å². The first-order valence-electron chi connectivity index (χ1n) is 6.35. The van der Waals surface area contributed by atoms with Crippen molar-refractivity contribution < 1.29 is 14.1 Å². The molecule has 1 aromatic heterocycles. The number of nitro benzene ring substituents is 1. The van der Waals surface area contributed by atoms with Gasteiger partial charge in [0, 0.05) is 25.1 Å². The Morgan fingerprint density at radius 2 is 2.00 bits per heavy atom. The molecule has 0 aliphatic rings. The highest BCUT2D eigenvalue weighted by molar-refractivity contribution is 5.74. The minimum Gasteiger partial charge on any atom is -0.489 e. The summed E-state index contributed by atoms with van der Waals surface area (Å²) in [5.41, 5.74) is 2.38. The van der Waals surface area contributed by atoms with E-state index in [-0.39, 0.29) is 5.69 Å². The zero-order valence-corrected chi connectivity index (χ0v) is 11.3. The molecule has 0 bridgehead atoms. The largest absolute Gasteiger partial charge is 0.489 e. The number of nitrogens with zero attached hydrogens (tertiary/aromatic N) is 2. The molecule has 0 atom stereocenters. The molecule has 0 aliphatic heterocycles. The topological polar surface area (TPSA) is 78.4 Å². The smallest absolute Gasteiger partial charge is 0.269 e. The molecule has 0 saturated carbocycles. The van der Waals surface area contributed by atoms with Crippen LogP contribution in [0.4, 0.5) is 5.69 Å². The summed E-state index contributed by atoms with van der Waals surface area (Å²) >= 11 is 0. The van der Waals surface area contributed by atoms with Crippen molar-refractivity contribution in [2.45, 2.75) is 13.5 Å². The Labute approximate surface area is 120 Å². The molecule has 0 saturated heterocycles. The molecule has 0 N–H and O–H groups in total. The van der Waals surface area contributed by atoms with Gasteiger partial charge in [0.1, 0.15) is 17.9 Å². The molecule has 0 fully saturated rings. The molecule has 2 aromatic carbocycles. The van der Waals surface area contributed by atoms with Crippen LogP contribution in [0.2, 0.25) is 0 Å². The lowest BCUT2D eigenvalue weighted by Gasteiger charge is -2.05. The molecule has 106 valence electrons. The summed E-state index contributed by atoms with van der Waals surface area (Å²) in [6.45, 7) is 2.12. The highest BCUT2D eigenvalue weighted by Crippen LogP contribution is 2.22. The average molecular weight is 284 g/mol. The van der Waals surface area contributed by atoms with Crippen LogP contribution < -0.4 is 4.74 Å². The maximum atomic E-state index is 10.6. The average Bonchev–Trinajstić information content (AvgIpc) is 2.84. The molecule has 3 aromatic rings. The van der Waals surface area contributed by atoms with Gasteiger partial charge in [-0.3, -0.25) is 10.1 Å². The standard InChI is InChI=1S/C15H12N2O4/c1-10-16-14-7-6-13(8-15(14)21-10)20-9-11-2-4-12(5-3-11)17(18)19/h2-8H,9H2,1H3. The number of nitro groups is 1. The quantitative estimate of drug-likeness (QED) is 0.540. The molecular formula is C15H12N2O4. The number of hydrogen-bond donors (Lipinski definition) is 0. The van der Waals surface area contributed by atoms with E-state index in [0.29, 0.717) is 23.8 Å². The molecule has 21 heavy (non-hydrogen) atoms. The van der Waals surface area contributed by atoms with E-state index in [0.717, 1.165) is 11.1 Å². The van der Waals surface area contributed by atoms with Crippen molar-refractivity contribution in [1.29, 1.82) is 0 Å². The first-order chi connectivity index (χ1) is 10.1. The summed E-state index contributed by atoms with van der Waals surface area (Å²) in [5, 5.41) is 10.6. The van der Waals surface area contributed by atoms with Gasteiger partial charge in [0.15, 0.2) is 11.5 Å². The van der Waals surface area contributed by atoms with E-state index >= 15 is 0 Å². The van der Waals surface area contributed by atoms with Crippen LogP contribution in [0.3, 0.4) is 0 Å². The fourth-order valence-electron chi connectivity index (χ4n) is 1.99. The molecular weight excluding hydrogens is 272 g/mol. The molecule has 1 heterocycles. The van der Waals surface area contributed by atoms with Gasteiger partial charge in [-0.15, -0.1) is 0 Å². The third-order valence-electron chi connectivity index (χ3n) is 3.02. The van der Waals surface area contributed by atoms with Crippen molar-refractivity contribution in [3.8, 4) is 5.75 Å². The van der Waals surface area contributed by atoms with E-state index in [4.69, 9.17) is 9.15 Å². The third kappa shape index (κ3) is 2.84. The number of oxazole rings is 1. The van der Waals surface area contributed by atoms with Crippen LogP contribution in [0.1, 0.15) is 11.5 Å². The highest BCUT2D eigenvalue weighted by Gasteiger charge is 2.06. The van der Waals surface area contributed by atoms with E-state index in [9.17, 15) is 10.1 Å². The second-order valence-electron chi connectivity index (χ2n) is 4.57. The lowest BCUT2D eigenvalue weighted by atomic mass is 10.2. The number of aryl methyl sites for hydroxylation is 1. The Morgan fingerprint density at radius 3 is 2.71 bits per heavy atom. The van der Waals surface area contributed by atoms with Crippen LogP contribution in [-0.2, 0) is 6.61 Å². The Balaban J connectivity index is 1.71. The van der Waals surface area contributed by atoms with Crippen molar-refractivity contribution in [3.05, 3.63) is 64.0 Å². The van der Waals surface area contributed by atoms with Crippen LogP contribution >= 0.6 is 0 Å². The summed E-state index contributed by atoms with van der Waals surface area (Å²) in [4.78, 5) is 14.4. The normalized spacial score (nSPS) is 10.7. The number of benzene rings is 2. The van der Waals surface area contributed by atoms with Gasteiger partial charge in [-0.2, -0.15) is 0 Å². The predicted molar refractivity (Wildman–Crippen MR) is 76.2 cm³/mol. The van der Waals surface area contributed by atoms with Gasteiger partial charge in [-0.25, -0.2) is 4.98 Å². The van der Waals surface area contributed by atoms with Crippen LogP contribution in [-0.4, -0.2) is 9.91 Å². The van der Waals surface area contributed by atoms with E-state index in [1.165, 1.54) is 12.1 Å². The molecule has 0 spiro atoms. The SMILES string of the molecule is Cc1nc2ccc(OCc3ccc([N+](=O)[O-])cc3)cc2o1. The zero-order valence-electron chi connectivity index (χ0n) is 11.3. The minimum absolute atomic E-state index is 0.0669. The highest BCUT2D eigenvalue weighted by atomic mass is 16.6. The van der Waals surface area contributed by atoms with Gasteiger partial charge in [-0.1, -0.05) is 0 Å². The lowest BCUT2D eigenvalue weighted by molar-refractivity contribution is -0.384. The van der Waals surface area contributed by atoms with E-state index in [2.05, 4.69) is 4.98 Å². The van der Waals surface area contributed by atoms with Crippen molar-refractivity contribution in [1.82, 2.24) is 4.98 Å². The molecule has 6 nitrogen and oxygen atoms in total. The fourth-order valence-corrected chi connectivity index (χ4v) is 1.99. The summed E-state index contributed by atoms with van der Waals surface area (Å²) in [7, 11) is 0. The van der Waals surface area contributed by atoms with Crippen molar-refractivity contribution in [2.75, 3.05) is 0 Å². The van der Waals surface area contributed by atoms with Crippen molar-refractivity contribution in [2.24, 2.45) is 0 Å². The number of aromatic nitrogens is 1. The second kappa shape index (κ2) is 5.24. The maximum Gasteiger partial charge on any atom is 0.269 e. The minimum atomic E-state index is -0.426. The Morgan fingerprint density at radius 1 is 1.24 bits per heavy atom. The monoisotopic (exact) mass is 284 g/mol. The molecule has 6 heteroatoms. The second-order valence-corrected chi connectivity index (χ2v) is 4.57. The Kier molecular flexibility index (Phi) is 3.27. The third-order valence-corrected chi connectivity index (χ3v) is 3.02. The summed E-state index contributed by atoms with van der Waals surface area (Å²) < 4.78 is 11.1. The first-order valence-corrected chi connectivity index (χ1v) is 6.35. The van der Waals surface area contributed by atoms with E-state index in [1.54, 1.807) is 25.1 Å². The van der Waals surface area contributed by atoms with Gasteiger partial charge < -0.3 is 9.15 Å². The maximum absolute atomic E-state index is 10.6. The number of fused-ring (bicyclic) bond motifs is 1. The van der Waals surface area contributed by atoms with E-state index < -0.39 is 4.92 Å². The summed E-state index contributed by atoms with van der Waals surface area (Å²) in [5.74, 6) is 1.27. The molecule has 3 rings (SSSR count).